The molecule has 0 aliphatic rings. The van der Waals surface area contributed by atoms with E-state index in [-0.39, 0.29) is 11.6 Å². The quantitative estimate of drug-likeness (QED) is 0.201. The van der Waals surface area contributed by atoms with Crippen LogP contribution in [0.1, 0.15) is 59.1 Å². The zero-order chi connectivity index (χ0) is 25.6. The van der Waals surface area contributed by atoms with Crippen molar-refractivity contribution in [2.24, 2.45) is 0 Å². The average Bonchev–Trinajstić information content (AvgIpc) is 2.92. The highest BCUT2D eigenvalue weighted by molar-refractivity contribution is 5.89. The van der Waals surface area contributed by atoms with Gasteiger partial charge >= 0.3 is 0 Å². The highest BCUT2D eigenvalue weighted by Crippen LogP contribution is 2.15. The highest BCUT2D eigenvalue weighted by atomic mass is 16.1. The number of carbonyl (C=O) groups excluding carboxylic acids is 2. The van der Waals surface area contributed by atoms with Crippen LogP contribution in [-0.2, 0) is 48.1 Å². The third-order valence-corrected chi connectivity index (χ3v) is 6.71. The first-order chi connectivity index (χ1) is 17.6. The monoisotopic (exact) mass is 478 g/mol. The Morgan fingerprint density at radius 3 is 0.889 bits per heavy atom. The maximum Gasteiger partial charge on any atom is 0.155 e. The maximum atomic E-state index is 11.4. The lowest BCUT2D eigenvalue weighted by Gasteiger charge is -2.07. The highest BCUT2D eigenvalue weighted by Gasteiger charge is 2.02. The molecule has 3 aromatic carbocycles. The van der Waals surface area contributed by atoms with Gasteiger partial charge in [0, 0.05) is 12.8 Å². The van der Waals surface area contributed by atoms with E-state index in [1.807, 2.05) is 0 Å². The van der Waals surface area contributed by atoms with Crippen molar-refractivity contribution >= 4 is 11.6 Å². The Kier molecular flexibility index (Phi) is 11.1. The Labute approximate surface area is 216 Å². The molecule has 0 aliphatic carbocycles. The SMILES string of the molecule is C=CC(=O)CCc1ccc(CCCc2ccc(CCCc3ccc(CCC(=O)C=C)cc3)cc2)cc1. The van der Waals surface area contributed by atoms with E-state index >= 15 is 0 Å². The summed E-state index contributed by atoms with van der Waals surface area (Å²) in [7, 11) is 0. The summed E-state index contributed by atoms with van der Waals surface area (Å²) in [5.74, 6) is 0.205. The standard InChI is InChI=1S/C34H38O2/c1-3-33(35)25-23-31-19-15-29(16-20-31)9-5-7-27-11-13-28(14-12-27)8-6-10-30-17-21-32(22-18-30)24-26-34(36)4-2/h3-4,11-22H,1-2,5-10,23-26H2. The number of hydrogen-bond acceptors (Lipinski definition) is 2. The number of rotatable bonds is 16. The van der Waals surface area contributed by atoms with Gasteiger partial charge in [0.1, 0.15) is 0 Å². The van der Waals surface area contributed by atoms with Crippen molar-refractivity contribution in [2.75, 3.05) is 0 Å². The van der Waals surface area contributed by atoms with Crippen molar-refractivity contribution < 1.29 is 9.59 Å². The molecule has 0 spiro atoms. The van der Waals surface area contributed by atoms with Crippen LogP contribution in [0, 0.1) is 0 Å². The number of benzene rings is 3. The molecule has 36 heavy (non-hydrogen) atoms. The average molecular weight is 479 g/mol. The molecule has 0 saturated heterocycles. The smallest absolute Gasteiger partial charge is 0.155 e. The molecule has 3 aromatic rings. The molecule has 0 radical (unpaired) electrons. The van der Waals surface area contributed by atoms with Crippen LogP contribution >= 0.6 is 0 Å². The normalized spacial score (nSPS) is 10.7. The largest absolute Gasteiger partial charge is 0.295 e. The van der Waals surface area contributed by atoms with E-state index in [9.17, 15) is 9.59 Å². The Balaban J connectivity index is 1.34. The summed E-state index contributed by atoms with van der Waals surface area (Å²) in [5.41, 5.74) is 7.90. The van der Waals surface area contributed by atoms with Crippen LogP contribution in [0.25, 0.3) is 0 Å². The van der Waals surface area contributed by atoms with Gasteiger partial charge in [0.2, 0.25) is 0 Å². The van der Waals surface area contributed by atoms with Gasteiger partial charge in [-0.15, -0.1) is 0 Å². The second-order valence-corrected chi connectivity index (χ2v) is 9.50. The molecule has 0 unspecified atom stereocenters. The van der Waals surface area contributed by atoms with Gasteiger partial charge in [-0.2, -0.15) is 0 Å². The van der Waals surface area contributed by atoms with E-state index in [0.717, 1.165) is 51.4 Å². The van der Waals surface area contributed by atoms with Gasteiger partial charge in [0.05, 0.1) is 0 Å². The Hall–Kier alpha value is -3.52. The molecule has 0 atom stereocenters. The van der Waals surface area contributed by atoms with E-state index in [2.05, 4.69) is 86.0 Å². The number of allylic oxidation sites excluding steroid dienone is 2. The van der Waals surface area contributed by atoms with Crippen molar-refractivity contribution in [1.82, 2.24) is 0 Å². The molecule has 0 saturated carbocycles. The van der Waals surface area contributed by atoms with Crippen molar-refractivity contribution in [2.45, 2.75) is 64.2 Å². The van der Waals surface area contributed by atoms with Crippen LogP contribution in [0.15, 0.2) is 98.1 Å². The molecule has 0 heterocycles. The third-order valence-electron chi connectivity index (χ3n) is 6.71. The molecule has 0 N–H and O–H groups in total. The van der Waals surface area contributed by atoms with Crippen molar-refractivity contribution in [3.8, 4) is 0 Å². The number of hydrogen-bond donors (Lipinski definition) is 0. The summed E-state index contributed by atoms with van der Waals surface area (Å²) in [6, 6.07) is 26.4. The molecule has 0 amide bonds. The van der Waals surface area contributed by atoms with Gasteiger partial charge < -0.3 is 0 Å². The zero-order valence-electron chi connectivity index (χ0n) is 21.4. The Bertz CT molecular complexity index is 1030. The number of ketones is 2. The molecule has 2 heteroatoms. The second-order valence-electron chi connectivity index (χ2n) is 9.50. The van der Waals surface area contributed by atoms with Crippen LogP contribution in [0.5, 0.6) is 0 Å². The van der Waals surface area contributed by atoms with E-state index in [4.69, 9.17) is 0 Å². The number of carbonyl (C=O) groups is 2. The minimum atomic E-state index is 0.103. The van der Waals surface area contributed by atoms with Gasteiger partial charge in [-0.05, 0) is 96.9 Å². The third kappa shape index (κ3) is 9.62. The summed E-state index contributed by atoms with van der Waals surface area (Å²) in [4.78, 5) is 22.8. The molecule has 2 nitrogen and oxygen atoms in total. The first-order valence-electron chi connectivity index (χ1n) is 13.1. The van der Waals surface area contributed by atoms with Gasteiger partial charge in [0.15, 0.2) is 11.6 Å². The van der Waals surface area contributed by atoms with Gasteiger partial charge in [-0.25, -0.2) is 0 Å². The Morgan fingerprint density at radius 2 is 0.667 bits per heavy atom. The predicted molar refractivity (Wildman–Crippen MR) is 150 cm³/mol. The van der Waals surface area contributed by atoms with E-state index in [1.165, 1.54) is 45.5 Å². The lowest BCUT2D eigenvalue weighted by atomic mass is 9.99. The maximum absolute atomic E-state index is 11.4. The topological polar surface area (TPSA) is 34.1 Å². The fourth-order valence-corrected chi connectivity index (χ4v) is 4.35. The molecule has 0 bridgehead atoms. The summed E-state index contributed by atoms with van der Waals surface area (Å²) in [6.45, 7) is 7.06. The summed E-state index contributed by atoms with van der Waals surface area (Å²) in [6.07, 6.45) is 12.0. The molecule has 0 aliphatic heterocycles. The minimum Gasteiger partial charge on any atom is -0.295 e. The van der Waals surface area contributed by atoms with E-state index < -0.39 is 0 Å². The summed E-state index contributed by atoms with van der Waals surface area (Å²) in [5, 5.41) is 0. The van der Waals surface area contributed by atoms with Gasteiger partial charge in [-0.1, -0.05) is 86.0 Å². The van der Waals surface area contributed by atoms with Crippen LogP contribution in [0.2, 0.25) is 0 Å². The lowest BCUT2D eigenvalue weighted by molar-refractivity contribution is -0.115. The van der Waals surface area contributed by atoms with E-state index in [1.54, 1.807) is 0 Å². The molecular formula is C34H38O2. The van der Waals surface area contributed by atoms with Crippen LogP contribution in [-0.4, -0.2) is 11.6 Å². The molecule has 0 fully saturated rings. The van der Waals surface area contributed by atoms with Crippen LogP contribution in [0.4, 0.5) is 0 Å². The number of aryl methyl sites for hydroxylation is 6. The van der Waals surface area contributed by atoms with Crippen molar-refractivity contribution in [3.05, 3.63) is 131 Å². The summed E-state index contributed by atoms with van der Waals surface area (Å²) < 4.78 is 0. The molecule has 3 rings (SSSR count). The minimum absolute atomic E-state index is 0.103. The van der Waals surface area contributed by atoms with E-state index in [0.29, 0.717) is 12.8 Å². The Morgan fingerprint density at radius 1 is 0.444 bits per heavy atom. The first-order valence-corrected chi connectivity index (χ1v) is 13.1. The molecule has 186 valence electrons. The van der Waals surface area contributed by atoms with Gasteiger partial charge in [0.25, 0.3) is 0 Å². The van der Waals surface area contributed by atoms with Crippen LogP contribution < -0.4 is 0 Å². The molecular weight excluding hydrogens is 440 g/mol. The molecule has 0 aromatic heterocycles. The zero-order valence-corrected chi connectivity index (χ0v) is 21.4. The van der Waals surface area contributed by atoms with Crippen molar-refractivity contribution in [1.29, 1.82) is 0 Å². The van der Waals surface area contributed by atoms with Crippen LogP contribution in [0.3, 0.4) is 0 Å². The predicted octanol–water partition coefficient (Wildman–Crippen LogP) is 7.41. The summed E-state index contributed by atoms with van der Waals surface area (Å²) >= 11 is 0. The van der Waals surface area contributed by atoms with Crippen molar-refractivity contribution in [3.63, 3.8) is 0 Å². The fraction of sp³-hybridized carbons (Fsp3) is 0.294. The van der Waals surface area contributed by atoms with Gasteiger partial charge in [-0.3, -0.25) is 9.59 Å². The first kappa shape index (κ1) is 27.1. The fourth-order valence-electron chi connectivity index (χ4n) is 4.35. The lowest BCUT2D eigenvalue weighted by Crippen LogP contribution is -1.96. The second kappa shape index (κ2) is 14.8.